The first-order chi connectivity index (χ1) is 11.7. The van der Waals surface area contributed by atoms with Crippen molar-refractivity contribution in [1.82, 2.24) is 14.9 Å². The molecule has 3 aromatic rings. The zero-order valence-electron chi connectivity index (χ0n) is 13.1. The van der Waals surface area contributed by atoms with Crippen molar-refractivity contribution < 1.29 is 4.79 Å². The molecule has 0 aliphatic heterocycles. The molecule has 0 aliphatic rings. The van der Waals surface area contributed by atoms with Gasteiger partial charge >= 0.3 is 0 Å². The smallest absolute Gasteiger partial charge is 0.255 e. The summed E-state index contributed by atoms with van der Waals surface area (Å²) < 4.78 is 1.47. The summed E-state index contributed by atoms with van der Waals surface area (Å²) in [5, 5.41) is 2.85. The molecule has 0 fully saturated rings. The molecule has 1 amide bonds. The number of rotatable bonds is 5. The third-order valence-electron chi connectivity index (χ3n) is 3.60. The van der Waals surface area contributed by atoms with Crippen LogP contribution in [-0.4, -0.2) is 22.0 Å². The van der Waals surface area contributed by atoms with Gasteiger partial charge < -0.3 is 5.32 Å². The van der Waals surface area contributed by atoms with Gasteiger partial charge in [0.25, 0.3) is 11.5 Å². The third-order valence-corrected chi connectivity index (χ3v) is 3.60. The lowest BCUT2D eigenvalue weighted by molar-refractivity contribution is 0.0953. The number of nitrogens with one attached hydrogen (secondary N) is 1. The second-order valence-corrected chi connectivity index (χ2v) is 5.29. The van der Waals surface area contributed by atoms with Gasteiger partial charge in [-0.25, -0.2) is 0 Å². The Labute approximate surface area is 139 Å². The van der Waals surface area contributed by atoms with Crippen LogP contribution in [0.15, 0.2) is 77.9 Å². The second-order valence-electron chi connectivity index (χ2n) is 5.29. The molecule has 2 heterocycles. The van der Waals surface area contributed by atoms with Crippen molar-refractivity contribution >= 4 is 5.91 Å². The van der Waals surface area contributed by atoms with Crippen LogP contribution < -0.4 is 10.9 Å². The number of hydrogen-bond acceptors (Lipinski definition) is 3. The van der Waals surface area contributed by atoms with E-state index in [2.05, 4.69) is 10.3 Å². The molecule has 0 spiro atoms. The molecule has 120 valence electrons. The van der Waals surface area contributed by atoms with Gasteiger partial charge in [0.1, 0.15) is 0 Å². The maximum Gasteiger partial charge on any atom is 0.255 e. The lowest BCUT2D eigenvalue weighted by Crippen LogP contribution is -2.28. The molecule has 0 aliphatic carbocycles. The molecule has 0 saturated carbocycles. The van der Waals surface area contributed by atoms with Crippen LogP contribution in [0.5, 0.6) is 0 Å². The van der Waals surface area contributed by atoms with Gasteiger partial charge in [-0.05, 0) is 30.3 Å². The topological polar surface area (TPSA) is 64.0 Å². The zero-order valence-corrected chi connectivity index (χ0v) is 13.1. The molecule has 0 bridgehead atoms. The van der Waals surface area contributed by atoms with Gasteiger partial charge in [-0.2, -0.15) is 0 Å². The van der Waals surface area contributed by atoms with Gasteiger partial charge in [-0.3, -0.25) is 19.1 Å². The summed E-state index contributed by atoms with van der Waals surface area (Å²) in [5.74, 6) is -0.212. The highest BCUT2D eigenvalue weighted by Crippen LogP contribution is 2.06. The van der Waals surface area contributed by atoms with E-state index in [0.717, 1.165) is 11.4 Å². The lowest BCUT2D eigenvalue weighted by Gasteiger charge is -2.09. The first-order valence-corrected chi connectivity index (χ1v) is 7.70. The van der Waals surface area contributed by atoms with Crippen LogP contribution in [0, 0.1) is 0 Å². The van der Waals surface area contributed by atoms with E-state index in [1.807, 2.05) is 48.5 Å². The summed E-state index contributed by atoms with van der Waals surface area (Å²) in [7, 11) is 0. The van der Waals surface area contributed by atoms with E-state index < -0.39 is 0 Å². The SMILES string of the molecule is O=C(NCCc1ccccn1)c1ccc(=O)n(-c2ccccc2)c1. The summed E-state index contributed by atoms with van der Waals surface area (Å²) in [6.07, 6.45) is 3.95. The Bertz CT molecular complexity index is 874. The van der Waals surface area contributed by atoms with Gasteiger partial charge in [0, 0.05) is 42.8 Å². The van der Waals surface area contributed by atoms with E-state index in [-0.39, 0.29) is 11.5 Å². The van der Waals surface area contributed by atoms with Crippen molar-refractivity contribution in [1.29, 1.82) is 0 Å². The molecular weight excluding hydrogens is 302 g/mol. The summed E-state index contributed by atoms with van der Waals surface area (Å²) in [4.78, 5) is 28.5. The minimum Gasteiger partial charge on any atom is -0.352 e. The van der Waals surface area contributed by atoms with Crippen molar-refractivity contribution in [2.45, 2.75) is 6.42 Å². The van der Waals surface area contributed by atoms with E-state index >= 15 is 0 Å². The first kappa shape index (κ1) is 15.7. The Morgan fingerprint density at radius 1 is 1.00 bits per heavy atom. The molecule has 2 aromatic heterocycles. The number of benzene rings is 1. The van der Waals surface area contributed by atoms with Gasteiger partial charge in [0.2, 0.25) is 0 Å². The average molecular weight is 319 g/mol. The van der Waals surface area contributed by atoms with Gasteiger partial charge in [0.15, 0.2) is 0 Å². The monoisotopic (exact) mass is 319 g/mol. The summed E-state index contributed by atoms with van der Waals surface area (Å²) in [6.45, 7) is 0.486. The van der Waals surface area contributed by atoms with Crippen LogP contribution in [0.2, 0.25) is 0 Å². The quantitative estimate of drug-likeness (QED) is 0.784. The van der Waals surface area contributed by atoms with Crippen molar-refractivity contribution in [3.63, 3.8) is 0 Å². The predicted molar refractivity (Wildman–Crippen MR) is 92.3 cm³/mol. The van der Waals surface area contributed by atoms with E-state index in [1.54, 1.807) is 12.4 Å². The number of pyridine rings is 2. The predicted octanol–water partition coefficient (Wildman–Crippen LogP) is 2.21. The molecule has 1 aromatic carbocycles. The highest BCUT2D eigenvalue weighted by atomic mass is 16.2. The third kappa shape index (κ3) is 3.76. The molecule has 5 heteroatoms. The van der Waals surface area contributed by atoms with Crippen LogP contribution >= 0.6 is 0 Å². The highest BCUT2D eigenvalue weighted by molar-refractivity contribution is 5.93. The minimum absolute atomic E-state index is 0.175. The average Bonchev–Trinajstić information content (AvgIpc) is 2.63. The Hall–Kier alpha value is -3.21. The first-order valence-electron chi connectivity index (χ1n) is 7.70. The van der Waals surface area contributed by atoms with E-state index in [9.17, 15) is 9.59 Å². The maximum absolute atomic E-state index is 12.3. The molecule has 3 rings (SSSR count). The Kier molecular flexibility index (Phi) is 4.81. The molecule has 24 heavy (non-hydrogen) atoms. The van der Waals surface area contributed by atoms with Crippen molar-refractivity contribution in [3.8, 4) is 5.69 Å². The molecule has 0 saturated heterocycles. The minimum atomic E-state index is -0.212. The zero-order chi connectivity index (χ0) is 16.8. The molecule has 5 nitrogen and oxygen atoms in total. The number of carbonyl (C=O) groups is 1. The largest absolute Gasteiger partial charge is 0.352 e. The number of nitrogens with zero attached hydrogens (tertiary/aromatic N) is 2. The number of amides is 1. The van der Waals surface area contributed by atoms with Crippen LogP contribution in [0.4, 0.5) is 0 Å². The molecule has 1 N–H and O–H groups in total. The van der Waals surface area contributed by atoms with Crippen molar-refractivity contribution in [2.24, 2.45) is 0 Å². The fourth-order valence-corrected chi connectivity index (χ4v) is 2.36. The lowest BCUT2D eigenvalue weighted by atomic mass is 10.2. The maximum atomic E-state index is 12.3. The van der Waals surface area contributed by atoms with Gasteiger partial charge in [-0.1, -0.05) is 24.3 Å². The number of para-hydroxylation sites is 1. The Balaban J connectivity index is 1.70. The van der Waals surface area contributed by atoms with Gasteiger partial charge in [-0.15, -0.1) is 0 Å². The van der Waals surface area contributed by atoms with Crippen molar-refractivity contribution in [3.05, 3.63) is 94.7 Å². The molecule has 0 radical (unpaired) electrons. The van der Waals surface area contributed by atoms with E-state index in [0.29, 0.717) is 18.5 Å². The second kappa shape index (κ2) is 7.37. The van der Waals surface area contributed by atoms with Crippen molar-refractivity contribution in [2.75, 3.05) is 6.54 Å². The fraction of sp³-hybridized carbons (Fsp3) is 0.105. The molecule has 0 unspecified atom stereocenters. The summed E-state index contributed by atoms with van der Waals surface area (Å²) in [5.41, 5.74) is 1.92. The number of hydrogen-bond donors (Lipinski definition) is 1. The normalized spacial score (nSPS) is 10.3. The van der Waals surface area contributed by atoms with Gasteiger partial charge in [0.05, 0.1) is 5.56 Å². The van der Waals surface area contributed by atoms with E-state index in [4.69, 9.17) is 0 Å². The highest BCUT2D eigenvalue weighted by Gasteiger charge is 2.08. The standard InChI is InChI=1S/C19H17N3O2/c23-18-10-9-15(14-22(18)17-7-2-1-3-8-17)19(24)21-13-11-16-6-4-5-12-20-16/h1-10,12,14H,11,13H2,(H,21,24). The van der Waals surface area contributed by atoms with Crippen LogP contribution in [-0.2, 0) is 6.42 Å². The Morgan fingerprint density at radius 2 is 1.79 bits per heavy atom. The summed E-state index contributed by atoms with van der Waals surface area (Å²) in [6, 6.07) is 17.9. The number of aromatic nitrogens is 2. The van der Waals surface area contributed by atoms with E-state index in [1.165, 1.54) is 16.7 Å². The summed E-state index contributed by atoms with van der Waals surface area (Å²) >= 11 is 0. The Morgan fingerprint density at radius 3 is 2.54 bits per heavy atom. The molecule has 0 atom stereocenters. The van der Waals surface area contributed by atoms with Crippen LogP contribution in [0.1, 0.15) is 16.1 Å². The number of carbonyl (C=O) groups excluding carboxylic acids is 1. The fourth-order valence-electron chi connectivity index (χ4n) is 2.36. The molecular formula is C19H17N3O2. The van der Waals surface area contributed by atoms with Crippen LogP contribution in [0.25, 0.3) is 5.69 Å². The van der Waals surface area contributed by atoms with Crippen LogP contribution in [0.3, 0.4) is 0 Å².